The van der Waals surface area contributed by atoms with Crippen molar-refractivity contribution in [2.75, 3.05) is 19.6 Å². The molecule has 1 atom stereocenters. The Balaban J connectivity index is 2.41. The molecular weight excluding hydrogens is 232 g/mol. The van der Waals surface area contributed by atoms with Gasteiger partial charge in [0.15, 0.2) is 0 Å². The van der Waals surface area contributed by atoms with Crippen molar-refractivity contribution in [3.05, 3.63) is 0 Å². The Bertz CT molecular complexity index is 315. The Morgan fingerprint density at radius 1 is 1.39 bits per heavy atom. The lowest BCUT2D eigenvalue weighted by Gasteiger charge is -2.21. The number of hydrogen-bond acceptors (Lipinski definition) is 3. The highest BCUT2D eigenvalue weighted by Gasteiger charge is 2.40. The highest BCUT2D eigenvalue weighted by Crippen LogP contribution is 2.29. The van der Waals surface area contributed by atoms with Gasteiger partial charge in [-0.25, -0.2) is 0 Å². The SMILES string of the molecule is CCC(CC)NC(=O)CN1CCC(C)(C(=O)O)C1. The number of likely N-dealkylation sites (tertiary alicyclic amines) is 1. The van der Waals surface area contributed by atoms with E-state index in [0.29, 0.717) is 26.1 Å². The van der Waals surface area contributed by atoms with Crippen LogP contribution in [0.1, 0.15) is 40.0 Å². The molecule has 1 saturated heterocycles. The van der Waals surface area contributed by atoms with Crippen LogP contribution < -0.4 is 5.32 Å². The van der Waals surface area contributed by atoms with E-state index in [4.69, 9.17) is 5.11 Å². The molecule has 1 heterocycles. The number of amides is 1. The minimum Gasteiger partial charge on any atom is -0.481 e. The molecule has 1 fully saturated rings. The predicted molar refractivity (Wildman–Crippen MR) is 69.3 cm³/mol. The second-order valence-corrected chi connectivity index (χ2v) is 5.41. The molecule has 0 bridgehead atoms. The van der Waals surface area contributed by atoms with E-state index >= 15 is 0 Å². The molecule has 1 amide bonds. The normalized spacial score (nSPS) is 24.4. The van der Waals surface area contributed by atoms with E-state index in [9.17, 15) is 9.59 Å². The molecule has 0 aromatic heterocycles. The Kier molecular flexibility index (Phi) is 5.14. The van der Waals surface area contributed by atoms with E-state index in [1.54, 1.807) is 6.92 Å². The van der Waals surface area contributed by atoms with Gasteiger partial charge in [-0.1, -0.05) is 13.8 Å². The third-order valence-corrected chi connectivity index (χ3v) is 3.79. The summed E-state index contributed by atoms with van der Waals surface area (Å²) in [7, 11) is 0. The van der Waals surface area contributed by atoms with Crippen LogP contribution in [0.15, 0.2) is 0 Å². The number of nitrogens with one attached hydrogen (secondary N) is 1. The number of carboxylic acids is 1. The first-order valence-electron chi connectivity index (χ1n) is 6.66. The molecule has 0 aliphatic carbocycles. The monoisotopic (exact) mass is 256 g/mol. The topological polar surface area (TPSA) is 69.6 Å². The first-order valence-corrected chi connectivity index (χ1v) is 6.66. The molecule has 18 heavy (non-hydrogen) atoms. The van der Waals surface area contributed by atoms with Gasteiger partial charge >= 0.3 is 5.97 Å². The van der Waals surface area contributed by atoms with Crippen LogP contribution in [0.25, 0.3) is 0 Å². The molecule has 5 nitrogen and oxygen atoms in total. The Morgan fingerprint density at radius 2 is 2.00 bits per heavy atom. The zero-order valence-corrected chi connectivity index (χ0v) is 11.5. The average molecular weight is 256 g/mol. The molecule has 0 radical (unpaired) electrons. The molecule has 0 aromatic carbocycles. The third-order valence-electron chi connectivity index (χ3n) is 3.79. The van der Waals surface area contributed by atoms with Crippen molar-refractivity contribution >= 4 is 11.9 Å². The van der Waals surface area contributed by atoms with E-state index in [1.807, 2.05) is 18.7 Å². The molecular formula is C13H24N2O3. The number of nitrogens with zero attached hydrogens (tertiary/aromatic N) is 1. The van der Waals surface area contributed by atoms with Gasteiger partial charge in [-0.2, -0.15) is 0 Å². The van der Waals surface area contributed by atoms with Crippen LogP contribution >= 0.6 is 0 Å². The van der Waals surface area contributed by atoms with Crippen molar-refractivity contribution in [3.63, 3.8) is 0 Å². The van der Waals surface area contributed by atoms with E-state index in [-0.39, 0.29) is 11.9 Å². The second kappa shape index (κ2) is 6.18. The number of aliphatic carboxylic acids is 1. The van der Waals surface area contributed by atoms with Crippen molar-refractivity contribution in [1.82, 2.24) is 10.2 Å². The fourth-order valence-electron chi connectivity index (χ4n) is 2.34. The van der Waals surface area contributed by atoms with Crippen molar-refractivity contribution < 1.29 is 14.7 Å². The van der Waals surface area contributed by atoms with Gasteiger partial charge in [-0.3, -0.25) is 14.5 Å². The van der Waals surface area contributed by atoms with Gasteiger partial charge in [0.05, 0.1) is 12.0 Å². The zero-order chi connectivity index (χ0) is 13.8. The smallest absolute Gasteiger partial charge is 0.310 e. The van der Waals surface area contributed by atoms with Crippen molar-refractivity contribution in [3.8, 4) is 0 Å². The van der Waals surface area contributed by atoms with Gasteiger partial charge in [0.1, 0.15) is 0 Å². The summed E-state index contributed by atoms with van der Waals surface area (Å²) in [6.45, 7) is 7.28. The minimum atomic E-state index is -0.773. The highest BCUT2D eigenvalue weighted by molar-refractivity contribution is 5.79. The Labute approximate surface area is 109 Å². The number of rotatable bonds is 6. The zero-order valence-electron chi connectivity index (χ0n) is 11.5. The standard InChI is InChI=1S/C13H24N2O3/c1-4-10(5-2)14-11(16)8-15-7-6-13(3,9-15)12(17)18/h10H,4-9H2,1-3H3,(H,14,16)(H,17,18). The summed E-state index contributed by atoms with van der Waals surface area (Å²) >= 11 is 0. The van der Waals surface area contributed by atoms with Crippen LogP contribution in [0.2, 0.25) is 0 Å². The van der Waals surface area contributed by atoms with E-state index < -0.39 is 11.4 Å². The largest absolute Gasteiger partial charge is 0.481 e. The van der Waals surface area contributed by atoms with E-state index in [2.05, 4.69) is 5.32 Å². The first kappa shape index (κ1) is 15.0. The van der Waals surface area contributed by atoms with Crippen LogP contribution in [-0.4, -0.2) is 47.6 Å². The predicted octanol–water partition coefficient (Wildman–Crippen LogP) is 1.09. The first-order chi connectivity index (χ1) is 8.41. The molecule has 104 valence electrons. The van der Waals surface area contributed by atoms with Gasteiger partial charge in [0, 0.05) is 12.6 Å². The second-order valence-electron chi connectivity index (χ2n) is 5.41. The molecule has 1 aliphatic rings. The molecule has 1 aliphatic heterocycles. The van der Waals surface area contributed by atoms with Gasteiger partial charge < -0.3 is 10.4 Å². The lowest BCUT2D eigenvalue weighted by molar-refractivity contribution is -0.147. The van der Waals surface area contributed by atoms with Crippen molar-refractivity contribution in [1.29, 1.82) is 0 Å². The summed E-state index contributed by atoms with van der Waals surface area (Å²) in [6, 6.07) is 0.228. The van der Waals surface area contributed by atoms with Crippen LogP contribution in [0.4, 0.5) is 0 Å². The summed E-state index contributed by atoms with van der Waals surface area (Å²) in [4.78, 5) is 24.8. The Morgan fingerprint density at radius 3 is 2.44 bits per heavy atom. The van der Waals surface area contributed by atoms with Crippen LogP contribution in [-0.2, 0) is 9.59 Å². The molecule has 0 saturated carbocycles. The number of carboxylic acid groups (broad SMARTS) is 1. The van der Waals surface area contributed by atoms with Gasteiger partial charge in [0.2, 0.25) is 5.91 Å². The van der Waals surface area contributed by atoms with Crippen LogP contribution in [0.5, 0.6) is 0 Å². The lowest BCUT2D eigenvalue weighted by Crippen LogP contribution is -2.42. The lowest BCUT2D eigenvalue weighted by atomic mass is 9.90. The van der Waals surface area contributed by atoms with Crippen molar-refractivity contribution in [2.24, 2.45) is 5.41 Å². The van der Waals surface area contributed by atoms with Gasteiger partial charge in [-0.15, -0.1) is 0 Å². The number of carbonyl (C=O) groups is 2. The summed E-state index contributed by atoms with van der Waals surface area (Å²) < 4.78 is 0. The molecule has 2 N–H and O–H groups in total. The molecule has 0 aromatic rings. The van der Waals surface area contributed by atoms with E-state index in [0.717, 1.165) is 12.8 Å². The number of hydrogen-bond donors (Lipinski definition) is 2. The Hall–Kier alpha value is -1.10. The minimum absolute atomic E-state index is 0.00154. The quantitative estimate of drug-likeness (QED) is 0.746. The maximum absolute atomic E-state index is 11.8. The summed E-state index contributed by atoms with van der Waals surface area (Å²) in [5, 5.41) is 12.1. The van der Waals surface area contributed by atoms with E-state index in [1.165, 1.54) is 0 Å². The maximum atomic E-state index is 11.8. The van der Waals surface area contributed by atoms with Crippen molar-refractivity contribution in [2.45, 2.75) is 46.1 Å². The summed E-state index contributed by atoms with van der Waals surface area (Å²) in [5.41, 5.74) is -0.699. The molecule has 1 rings (SSSR count). The maximum Gasteiger partial charge on any atom is 0.310 e. The number of carbonyl (C=O) groups excluding carboxylic acids is 1. The highest BCUT2D eigenvalue weighted by atomic mass is 16.4. The van der Waals surface area contributed by atoms with Gasteiger partial charge in [-0.05, 0) is 32.7 Å². The molecule has 1 unspecified atom stereocenters. The van der Waals surface area contributed by atoms with Crippen LogP contribution in [0.3, 0.4) is 0 Å². The molecule has 0 spiro atoms. The fraction of sp³-hybridized carbons (Fsp3) is 0.846. The van der Waals surface area contributed by atoms with Gasteiger partial charge in [0.25, 0.3) is 0 Å². The molecule has 5 heteroatoms. The third kappa shape index (κ3) is 3.70. The van der Waals surface area contributed by atoms with Crippen LogP contribution in [0, 0.1) is 5.41 Å². The average Bonchev–Trinajstić information content (AvgIpc) is 2.69. The summed E-state index contributed by atoms with van der Waals surface area (Å²) in [5.74, 6) is -0.774. The fourth-order valence-corrected chi connectivity index (χ4v) is 2.34. The summed E-state index contributed by atoms with van der Waals surface area (Å²) in [6.07, 6.45) is 2.46.